The summed E-state index contributed by atoms with van der Waals surface area (Å²) in [6, 6.07) is 6.11. The van der Waals surface area contributed by atoms with Gasteiger partial charge in [0.2, 0.25) is 0 Å². The highest BCUT2D eigenvalue weighted by Crippen LogP contribution is 2.32. The first-order valence-corrected chi connectivity index (χ1v) is 7.34. The SMILES string of the molecule is CCCCc1ccc(OC)c2cc(C(C)=O)n(CC)c12. The number of hydrogen-bond donors (Lipinski definition) is 0. The van der Waals surface area contributed by atoms with Crippen molar-refractivity contribution in [3.05, 3.63) is 29.5 Å². The molecule has 2 aromatic rings. The largest absolute Gasteiger partial charge is 0.496 e. The highest BCUT2D eigenvalue weighted by molar-refractivity contribution is 6.01. The van der Waals surface area contributed by atoms with Crippen LogP contribution in [0.1, 0.15) is 49.7 Å². The van der Waals surface area contributed by atoms with Crippen LogP contribution in [0.5, 0.6) is 5.75 Å². The number of methoxy groups -OCH3 is 1. The van der Waals surface area contributed by atoms with Crippen LogP contribution in [0.3, 0.4) is 0 Å². The first kappa shape index (κ1) is 14.6. The summed E-state index contributed by atoms with van der Waals surface area (Å²) in [5.74, 6) is 0.946. The highest BCUT2D eigenvalue weighted by atomic mass is 16.5. The predicted octanol–water partition coefficient (Wildman–Crippen LogP) is 4.22. The fourth-order valence-corrected chi connectivity index (χ4v) is 2.80. The summed E-state index contributed by atoms with van der Waals surface area (Å²) in [6.07, 6.45) is 3.37. The number of carbonyl (C=O) groups excluding carboxylic acids is 1. The number of rotatable bonds is 6. The van der Waals surface area contributed by atoms with E-state index in [-0.39, 0.29) is 5.78 Å². The monoisotopic (exact) mass is 273 g/mol. The number of ketones is 1. The Morgan fingerprint density at radius 3 is 2.60 bits per heavy atom. The molecule has 0 N–H and O–H groups in total. The highest BCUT2D eigenvalue weighted by Gasteiger charge is 2.17. The van der Waals surface area contributed by atoms with Crippen LogP contribution in [-0.2, 0) is 13.0 Å². The summed E-state index contributed by atoms with van der Waals surface area (Å²) >= 11 is 0. The van der Waals surface area contributed by atoms with Crippen molar-refractivity contribution in [2.45, 2.75) is 46.6 Å². The normalized spacial score (nSPS) is 11.0. The van der Waals surface area contributed by atoms with E-state index >= 15 is 0 Å². The van der Waals surface area contributed by atoms with Gasteiger partial charge in [0.05, 0.1) is 18.3 Å². The van der Waals surface area contributed by atoms with Gasteiger partial charge < -0.3 is 9.30 Å². The zero-order valence-electron chi connectivity index (χ0n) is 12.8. The number of carbonyl (C=O) groups is 1. The Balaban J connectivity index is 2.73. The van der Waals surface area contributed by atoms with Crippen LogP contribution in [-0.4, -0.2) is 17.5 Å². The van der Waals surface area contributed by atoms with Gasteiger partial charge in [-0.1, -0.05) is 19.4 Å². The standard InChI is InChI=1S/C17H23NO2/c1-5-7-8-13-9-10-16(20-4)14-11-15(12(3)19)18(6-2)17(13)14/h9-11H,5-8H2,1-4H3. The molecule has 1 aromatic carbocycles. The summed E-state index contributed by atoms with van der Waals surface area (Å²) < 4.78 is 7.57. The van der Waals surface area contributed by atoms with Gasteiger partial charge in [0, 0.05) is 18.9 Å². The number of unbranched alkanes of at least 4 members (excludes halogenated alkanes) is 1. The topological polar surface area (TPSA) is 31.2 Å². The molecule has 0 amide bonds. The van der Waals surface area contributed by atoms with Gasteiger partial charge in [-0.15, -0.1) is 0 Å². The summed E-state index contributed by atoms with van der Waals surface area (Å²) in [6.45, 7) is 6.69. The average molecular weight is 273 g/mol. The number of ether oxygens (including phenoxy) is 1. The molecule has 20 heavy (non-hydrogen) atoms. The van der Waals surface area contributed by atoms with Gasteiger partial charge in [-0.2, -0.15) is 0 Å². The molecule has 0 bridgehead atoms. The Labute approximate surface area is 120 Å². The average Bonchev–Trinajstić information content (AvgIpc) is 2.84. The number of hydrogen-bond acceptors (Lipinski definition) is 2. The maximum atomic E-state index is 11.9. The van der Waals surface area contributed by atoms with Crippen molar-refractivity contribution in [2.75, 3.05) is 7.11 Å². The molecule has 0 aliphatic rings. The molecule has 1 heterocycles. The summed E-state index contributed by atoms with van der Waals surface area (Å²) in [5, 5.41) is 1.05. The molecule has 0 saturated heterocycles. The van der Waals surface area contributed by atoms with Crippen LogP contribution in [0.25, 0.3) is 10.9 Å². The number of fused-ring (bicyclic) bond motifs is 1. The van der Waals surface area contributed by atoms with Gasteiger partial charge in [0.15, 0.2) is 5.78 Å². The number of nitrogens with zero attached hydrogens (tertiary/aromatic N) is 1. The lowest BCUT2D eigenvalue weighted by atomic mass is 10.0. The van der Waals surface area contributed by atoms with E-state index in [0.29, 0.717) is 0 Å². The van der Waals surface area contributed by atoms with Crippen LogP contribution in [0.4, 0.5) is 0 Å². The Bertz CT molecular complexity index is 625. The van der Waals surface area contributed by atoms with E-state index in [1.54, 1.807) is 14.0 Å². The van der Waals surface area contributed by atoms with Crippen LogP contribution in [0, 0.1) is 0 Å². The minimum atomic E-state index is 0.103. The first-order chi connectivity index (χ1) is 9.63. The Hall–Kier alpha value is -1.77. The van der Waals surface area contributed by atoms with E-state index in [0.717, 1.165) is 41.7 Å². The van der Waals surface area contributed by atoms with Gasteiger partial charge in [-0.25, -0.2) is 0 Å². The lowest BCUT2D eigenvalue weighted by molar-refractivity contribution is 0.100. The number of aryl methyl sites for hydroxylation is 2. The summed E-state index contributed by atoms with van der Waals surface area (Å²) in [7, 11) is 1.68. The molecule has 3 heteroatoms. The van der Waals surface area contributed by atoms with E-state index in [2.05, 4.69) is 24.5 Å². The quantitative estimate of drug-likeness (QED) is 0.738. The molecular formula is C17H23NO2. The zero-order valence-corrected chi connectivity index (χ0v) is 12.8. The second kappa shape index (κ2) is 6.12. The number of Topliss-reactive ketones (excluding diaryl/α,β-unsaturated/α-hetero) is 1. The molecular weight excluding hydrogens is 250 g/mol. The molecule has 0 unspecified atom stereocenters. The van der Waals surface area contributed by atoms with Gasteiger partial charge in [0.1, 0.15) is 5.75 Å². The number of aromatic nitrogens is 1. The van der Waals surface area contributed by atoms with E-state index < -0.39 is 0 Å². The third-order valence-corrected chi connectivity index (χ3v) is 3.80. The smallest absolute Gasteiger partial charge is 0.176 e. The van der Waals surface area contributed by atoms with Gasteiger partial charge in [-0.3, -0.25) is 4.79 Å². The van der Waals surface area contributed by atoms with Crippen LogP contribution in [0.15, 0.2) is 18.2 Å². The lowest BCUT2D eigenvalue weighted by Crippen LogP contribution is -2.05. The second-order valence-electron chi connectivity index (χ2n) is 5.12. The van der Waals surface area contributed by atoms with Crippen molar-refractivity contribution in [3.8, 4) is 5.75 Å². The molecule has 0 spiro atoms. The Morgan fingerprint density at radius 1 is 1.30 bits per heavy atom. The fourth-order valence-electron chi connectivity index (χ4n) is 2.80. The molecule has 0 atom stereocenters. The molecule has 0 fully saturated rings. The van der Waals surface area contributed by atoms with E-state index in [1.165, 1.54) is 12.0 Å². The van der Waals surface area contributed by atoms with Gasteiger partial charge in [-0.05, 0) is 37.5 Å². The lowest BCUT2D eigenvalue weighted by Gasteiger charge is -2.11. The van der Waals surface area contributed by atoms with E-state index in [1.807, 2.05) is 12.1 Å². The van der Waals surface area contributed by atoms with Crippen LogP contribution >= 0.6 is 0 Å². The maximum absolute atomic E-state index is 11.9. The van der Waals surface area contributed by atoms with Crippen LogP contribution < -0.4 is 4.74 Å². The second-order valence-corrected chi connectivity index (χ2v) is 5.12. The van der Waals surface area contributed by atoms with Gasteiger partial charge >= 0.3 is 0 Å². The third-order valence-electron chi connectivity index (χ3n) is 3.80. The van der Waals surface area contributed by atoms with Crippen molar-refractivity contribution >= 4 is 16.7 Å². The molecule has 3 nitrogen and oxygen atoms in total. The fraction of sp³-hybridized carbons (Fsp3) is 0.471. The van der Waals surface area contributed by atoms with Crippen molar-refractivity contribution in [1.82, 2.24) is 4.57 Å². The van der Waals surface area contributed by atoms with Gasteiger partial charge in [0.25, 0.3) is 0 Å². The van der Waals surface area contributed by atoms with Crippen LogP contribution in [0.2, 0.25) is 0 Å². The number of benzene rings is 1. The molecule has 0 saturated carbocycles. The molecule has 108 valence electrons. The van der Waals surface area contributed by atoms with Crippen molar-refractivity contribution in [2.24, 2.45) is 0 Å². The first-order valence-electron chi connectivity index (χ1n) is 7.34. The van der Waals surface area contributed by atoms with Crippen molar-refractivity contribution in [1.29, 1.82) is 0 Å². The van der Waals surface area contributed by atoms with Crippen molar-refractivity contribution in [3.63, 3.8) is 0 Å². The minimum Gasteiger partial charge on any atom is -0.496 e. The van der Waals surface area contributed by atoms with E-state index in [4.69, 9.17) is 4.74 Å². The Morgan fingerprint density at radius 2 is 2.05 bits per heavy atom. The molecule has 2 rings (SSSR count). The third kappa shape index (κ3) is 2.45. The summed E-state index contributed by atoms with van der Waals surface area (Å²) in [4.78, 5) is 11.9. The molecule has 0 aliphatic heterocycles. The van der Waals surface area contributed by atoms with Crippen molar-refractivity contribution < 1.29 is 9.53 Å². The maximum Gasteiger partial charge on any atom is 0.176 e. The minimum absolute atomic E-state index is 0.103. The summed E-state index contributed by atoms with van der Waals surface area (Å²) in [5.41, 5.74) is 3.23. The Kier molecular flexibility index (Phi) is 4.48. The van der Waals surface area contributed by atoms with E-state index in [9.17, 15) is 4.79 Å². The predicted molar refractivity (Wildman–Crippen MR) is 82.8 cm³/mol. The molecule has 0 radical (unpaired) electrons. The molecule has 0 aliphatic carbocycles. The molecule has 1 aromatic heterocycles. The zero-order chi connectivity index (χ0) is 14.7.